The maximum atomic E-state index is 14.1. The zero-order valence-corrected chi connectivity index (χ0v) is 28.7. The molecule has 0 fully saturated rings. The number of anilines is 1. The first kappa shape index (κ1) is 32.8. The van der Waals surface area contributed by atoms with E-state index < -0.39 is 11.8 Å². The fraction of sp³-hybridized carbons (Fsp3) is 0.186. The van der Waals surface area contributed by atoms with Crippen LogP contribution in [0.4, 0.5) is 5.69 Å². The molecule has 9 heteroatoms. The molecule has 9 nitrogen and oxygen atoms in total. The lowest BCUT2D eigenvalue weighted by molar-refractivity contribution is 0.0606. The van der Waals surface area contributed by atoms with Gasteiger partial charge in [0.25, 0.3) is 23.6 Å². The summed E-state index contributed by atoms with van der Waals surface area (Å²) in [6.45, 7) is 2.50. The molecule has 256 valence electrons. The summed E-state index contributed by atoms with van der Waals surface area (Å²) in [5, 5.41) is 0.741. The Morgan fingerprint density at radius 3 is 1.50 bits per heavy atom. The highest BCUT2D eigenvalue weighted by Crippen LogP contribution is 2.40. The van der Waals surface area contributed by atoms with Crippen LogP contribution < -0.4 is 4.90 Å². The molecular formula is C43H35N5O4. The Bertz CT molecular complexity index is 2250. The number of amides is 4. The number of benzene rings is 3. The third-order valence-electron chi connectivity index (χ3n) is 9.85. The first-order valence-corrected chi connectivity index (χ1v) is 17.7. The van der Waals surface area contributed by atoms with E-state index in [1.54, 1.807) is 48.8 Å². The van der Waals surface area contributed by atoms with Crippen LogP contribution in [0, 0.1) is 0 Å². The number of rotatable bonds is 11. The van der Waals surface area contributed by atoms with Gasteiger partial charge in [0.05, 0.1) is 28.5 Å². The van der Waals surface area contributed by atoms with E-state index in [4.69, 9.17) is 4.98 Å². The Morgan fingerprint density at radius 1 is 0.500 bits per heavy atom. The molecule has 0 atom stereocenters. The van der Waals surface area contributed by atoms with Crippen LogP contribution in [0.5, 0.6) is 0 Å². The van der Waals surface area contributed by atoms with Crippen LogP contribution in [-0.4, -0.2) is 50.0 Å². The van der Waals surface area contributed by atoms with Crippen molar-refractivity contribution in [2.75, 3.05) is 11.4 Å². The number of hydrogen-bond acceptors (Lipinski definition) is 7. The molecule has 0 radical (unpaired) electrons. The molecule has 4 amide bonds. The van der Waals surface area contributed by atoms with Crippen LogP contribution >= 0.6 is 0 Å². The molecule has 0 N–H and O–H groups in total. The second-order valence-electron chi connectivity index (χ2n) is 13.1. The summed E-state index contributed by atoms with van der Waals surface area (Å²) in [7, 11) is 0. The normalized spacial score (nSPS) is 13.7. The largest absolute Gasteiger partial charge is 0.274 e. The molecule has 0 unspecified atom stereocenters. The van der Waals surface area contributed by atoms with Gasteiger partial charge in [-0.25, -0.2) is 9.88 Å². The molecule has 3 aromatic carbocycles. The minimum atomic E-state index is -0.512. The summed E-state index contributed by atoms with van der Waals surface area (Å²) in [5.74, 6) is -1.80. The molecule has 0 saturated heterocycles. The fourth-order valence-electron chi connectivity index (χ4n) is 7.20. The Labute approximate surface area is 301 Å². The highest BCUT2D eigenvalue weighted by atomic mass is 16.2. The summed E-state index contributed by atoms with van der Waals surface area (Å²) in [4.78, 5) is 71.7. The third kappa shape index (κ3) is 5.74. The number of pyridine rings is 3. The van der Waals surface area contributed by atoms with Gasteiger partial charge in [0.2, 0.25) is 0 Å². The van der Waals surface area contributed by atoms with E-state index >= 15 is 0 Å². The van der Waals surface area contributed by atoms with E-state index in [1.807, 2.05) is 60.7 Å². The van der Waals surface area contributed by atoms with Crippen molar-refractivity contribution in [1.82, 2.24) is 19.9 Å². The summed E-state index contributed by atoms with van der Waals surface area (Å²) in [6, 6.07) is 28.9. The quantitative estimate of drug-likeness (QED) is 0.0990. The van der Waals surface area contributed by atoms with Crippen molar-refractivity contribution in [2.45, 2.75) is 45.4 Å². The first-order valence-electron chi connectivity index (χ1n) is 17.7. The predicted molar refractivity (Wildman–Crippen MR) is 200 cm³/mol. The van der Waals surface area contributed by atoms with Crippen molar-refractivity contribution < 1.29 is 19.2 Å². The van der Waals surface area contributed by atoms with Crippen molar-refractivity contribution in [2.24, 2.45) is 0 Å². The molecule has 2 aliphatic rings. The van der Waals surface area contributed by atoms with Crippen LogP contribution in [0.15, 0.2) is 109 Å². The summed E-state index contributed by atoms with van der Waals surface area (Å²) >= 11 is 0. The van der Waals surface area contributed by atoms with E-state index in [0.29, 0.717) is 45.5 Å². The molecule has 2 aliphatic heterocycles. The summed E-state index contributed by atoms with van der Waals surface area (Å²) < 4.78 is 0. The van der Waals surface area contributed by atoms with Gasteiger partial charge in [0.1, 0.15) is 0 Å². The monoisotopic (exact) mass is 685 g/mol. The Balaban J connectivity index is 1.10. The van der Waals surface area contributed by atoms with Crippen molar-refractivity contribution >= 4 is 40.1 Å². The molecule has 52 heavy (non-hydrogen) atoms. The smallest absolute Gasteiger partial charge is 0.265 e. The number of unbranched alkanes of at least 4 members (excludes halogenated alkanes) is 5. The third-order valence-corrected chi connectivity index (χ3v) is 9.85. The SMILES string of the molecule is CCCCCCCCN1C(=O)c2ccc3c4c(ccc(c24)C1=O)C(=O)N(c1ccc(-c2cc(-c4ccccn4)nc(-c4ccccn4)c2)cc1)C3=O. The van der Waals surface area contributed by atoms with Gasteiger partial charge in [0.15, 0.2) is 0 Å². The number of hydrogen-bond donors (Lipinski definition) is 0. The minimum absolute atomic E-state index is 0.276. The van der Waals surface area contributed by atoms with Crippen LogP contribution in [0.3, 0.4) is 0 Å². The van der Waals surface area contributed by atoms with Gasteiger partial charge in [0, 0.05) is 52.0 Å². The van der Waals surface area contributed by atoms with Gasteiger partial charge in [-0.2, -0.15) is 0 Å². The average molecular weight is 686 g/mol. The summed E-state index contributed by atoms with van der Waals surface area (Å²) in [6.07, 6.45) is 9.65. The van der Waals surface area contributed by atoms with E-state index in [9.17, 15) is 19.2 Å². The number of imide groups is 2. The lowest BCUT2D eigenvalue weighted by Crippen LogP contribution is -2.43. The molecule has 8 rings (SSSR count). The van der Waals surface area contributed by atoms with Crippen LogP contribution in [0.2, 0.25) is 0 Å². The van der Waals surface area contributed by atoms with E-state index in [-0.39, 0.29) is 22.9 Å². The van der Waals surface area contributed by atoms with E-state index in [2.05, 4.69) is 16.9 Å². The Morgan fingerprint density at radius 2 is 1.00 bits per heavy atom. The Hall–Kier alpha value is -6.35. The summed E-state index contributed by atoms with van der Waals surface area (Å²) in [5.41, 5.74) is 6.15. The van der Waals surface area contributed by atoms with Crippen molar-refractivity contribution in [1.29, 1.82) is 0 Å². The fourth-order valence-corrected chi connectivity index (χ4v) is 7.20. The first-order chi connectivity index (χ1) is 25.4. The van der Waals surface area contributed by atoms with Crippen LogP contribution in [0.25, 0.3) is 44.7 Å². The van der Waals surface area contributed by atoms with Gasteiger partial charge in [-0.3, -0.25) is 34.0 Å². The number of carbonyl (C=O) groups is 4. The molecule has 6 aromatic rings. The van der Waals surface area contributed by atoms with Crippen molar-refractivity contribution in [3.8, 4) is 33.9 Å². The van der Waals surface area contributed by atoms with Crippen LogP contribution in [-0.2, 0) is 0 Å². The number of nitrogens with zero attached hydrogens (tertiary/aromatic N) is 5. The van der Waals surface area contributed by atoms with E-state index in [1.165, 1.54) is 11.3 Å². The molecule has 3 aromatic heterocycles. The molecule has 0 spiro atoms. The van der Waals surface area contributed by atoms with Crippen molar-refractivity contribution in [3.63, 3.8) is 0 Å². The number of carbonyl (C=O) groups excluding carboxylic acids is 4. The van der Waals surface area contributed by atoms with Gasteiger partial charge in [-0.1, -0.05) is 63.3 Å². The highest BCUT2D eigenvalue weighted by Gasteiger charge is 2.40. The molecular weight excluding hydrogens is 651 g/mol. The molecule has 5 heterocycles. The molecule has 0 saturated carbocycles. The van der Waals surface area contributed by atoms with Crippen molar-refractivity contribution in [3.05, 3.63) is 132 Å². The predicted octanol–water partition coefficient (Wildman–Crippen LogP) is 8.78. The zero-order chi connectivity index (χ0) is 35.8. The van der Waals surface area contributed by atoms with Gasteiger partial charge in [-0.15, -0.1) is 0 Å². The lowest BCUT2D eigenvalue weighted by Gasteiger charge is -2.32. The van der Waals surface area contributed by atoms with Gasteiger partial charge >= 0.3 is 0 Å². The van der Waals surface area contributed by atoms with Crippen LogP contribution in [0.1, 0.15) is 86.9 Å². The second kappa shape index (κ2) is 13.8. The highest BCUT2D eigenvalue weighted by molar-refractivity contribution is 6.39. The van der Waals surface area contributed by atoms with Gasteiger partial charge < -0.3 is 0 Å². The number of aromatic nitrogens is 3. The minimum Gasteiger partial charge on any atom is -0.274 e. The standard InChI is InChI=1S/C43H35N5O4/c1-2-3-4-5-6-11-24-47-40(49)30-18-20-32-39-33(21-19-31(38(30)39)41(47)50)43(52)48(42(32)51)29-16-14-27(15-17-29)28-25-36(34-12-7-9-22-44-34)46-37(26-28)35-13-8-10-23-45-35/h7-10,12-23,25-26H,2-6,11,24H2,1H3. The molecule has 0 bridgehead atoms. The average Bonchev–Trinajstić information content (AvgIpc) is 3.19. The maximum Gasteiger partial charge on any atom is 0.265 e. The zero-order valence-electron chi connectivity index (χ0n) is 28.7. The topological polar surface area (TPSA) is 113 Å². The Kier molecular flexibility index (Phi) is 8.68. The van der Waals surface area contributed by atoms with E-state index in [0.717, 1.165) is 59.5 Å². The van der Waals surface area contributed by atoms with Gasteiger partial charge in [-0.05, 0) is 90.3 Å². The lowest BCUT2D eigenvalue weighted by atomic mass is 9.85. The maximum absolute atomic E-state index is 14.1. The second-order valence-corrected chi connectivity index (χ2v) is 13.1. The molecule has 0 aliphatic carbocycles.